The zero-order valence-corrected chi connectivity index (χ0v) is 22.8. The molecular formula is C26H33N3O7S2. The number of nitrogens with zero attached hydrogens (tertiary/aromatic N) is 1. The van der Waals surface area contributed by atoms with Gasteiger partial charge in [-0.3, -0.25) is 4.79 Å². The fourth-order valence-electron chi connectivity index (χ4n) is 3.79. The van der Waals surface area contributed by atoms with E-state index < -0.39 is 43.7 Å². The van der Waals surface area contributed by atoms with Crippen LogP contribution in [0.3, 0.4) is 0 Å². The molecule has 1 aliphatic rings. The van der Waals surface area contributed by atoms with Gasteiger partial charge >= 0.3 is 6.03 Å². The van der Waals surface area contributed by atoms with Gasteiger partial charge in [0.25, 0.3) is 0 Å². The molecule has 0 spiro atoms. The Bertz CT molecular complexity index is 1310. The highest BCUT2D eigenvalue weighted by Gasteiger charge is 2.27. The van der Waals surface area contributed by atoms with Crippen LogP contribution in [-0.2, 0) is 35.6 Å². The van der Waals surface area contributed by atoms with Crippen LogP contribution in [0.5, 0.6) is 0 Å². The zero-order chi connectivity index (χ0) is 27.6. The highest BCUT2D eigenvalue weighted by atomic mass is 32.2. The molecule has 3 amide bonds. The zero-order valence-electron chi connectivity index (χ0n) is 21.2. The molecule has 0 radical (unpaired) electrons. The van der Waals surface area contributed by atoms with Crippen molar-refractivity contribution in [3.63, 3.8) is 0 Å². The van der Waals surface area contributed by atoms with E-state index in [1.165, 1.54) is 18.2 Å². The SMILES string of the molecule is CS(=O)(=O)CC[C@@H](C=CS(=O)(=O)c1ccccc1)NC(=O)[C@H](Cc1ccccc1)NC(=O)N1CCOCC1. The largest absolute Gasteiger partial charge is 0.378 e. The van der Waals surface area contributed by atoms with Gasteiger partial charge < -0.3 is 20.3 Å². The number of urea groups is 1. The van der Waals surface area contributed by atoms with Gasteiger partial charge in [-0.15, -0.1) is 0 Å². The molecule has 10 nitrogen and oxygen atoms in total. The Labute approximate surface area is 223 Å². The number of carbonyl (C=O) groups is 2. The van der Waals surface area contributed by atoms with Crippen molar-refractivity contribution in [3.8, 4) is 0 Å². The van der Waals surface area contributed by atoms with Crippen LogP contribution < -0.4 is 10.6 Å². The standard InChI is InChI=1S/C26H33N3O7S2/c1-37(32,33)18-12-22(13-19-38(34,35)23-10-6-3-7-11-23)27-25(30)24(20-21-8-4-2-5-9-21)28-26(31)29-14-16-36-17-15-29/h2-11,13,19,22,24H,12,14-18,20H2,1H3,(H,27,30)(H,28,31)/t22-,24-/m0/s1. The monoisotopic (exact) mass is 563 g/mol. The summed E-state index contributed by atoms with van der Waals surface area (Å²) < 4.78 is 54.4. The van der Waals surface area contributed by atoms with Crippen molar-refractivity contribution in [3.05, 3.63) is 77.7 Å². The van der Waals surface area contributed by atoms with Crippen molar-refractivity contribution in [1.29, 1.82) is 0 Å². The Morgan fingerprint density at radius 2 is 1.55 bits per heavy atom. The van der Waals surface area contributed by atoms with Crippen molar-refractivity contribution in [2.45, 2.75) is 29.8 Å². The predicted octanol–water partition coefficient (Wildman–Crippen LogP) is 1.55. The van der Waals surface area contributed by atoms with Gasteiger partial charge in [-0.1, -0.05) is 54.6 Å². The minimum atomic E-state index is -3.82. The lowest BCUT2D eigenvalue weighted by Crippen LogP contribution is -2.55. The van der Waals surface area contributed by atoms with Gasteiger partial charge in [-0.25, -0.2) is 21.6 Å². The number of carbonyl (C=O) groups excluding carboxylic acids is 2. The number of hydrogen-bond donors (Lipinski definition) is 2. The van der Waals surface area contributed by atoms with E-state index >= 15 is 0 Å². The first-order valence-electron chi connectivity index (χ1n) is 12.2. The maximum atomic E-state index is 13.4. The highest BCUT2D eigenvalue weighted by molar-refractivity contribution is 7.94. The van der Waals surface area contributed by atoms with Gasteiger partial charge in [0.2, 0.25) is 5.91 Å². The third kappa shape index (κ3) is 9.58. The van der Waals surface area contributed by atoms with Gasteiger partial charge in [0.15, 0.2) is 9.84 Å². The topological polar surface area (TPSA) is 139 Å². The van der Waals surface area contributed by atoms with Crippen molar-refractivity contribution in [1.82, 2.24) is 15.5 Å². The molecule has 0 unspecified atom stereocenters. The molecule has 1 aliphatic heterocycles. The number of rotatable bonds is 11. The third-order valence-corrected chi connectivity index (χ3v) is 8.31. The van der Waals surface area contributed by atoms with E-state index in [-0.39, 0.29) is 23.5 Å². The quantitative estimate of drug-likeness (QED) is 0.423. The first kappa shape index (κ1) is 29.3. The molecular weight excluding hydrogens is 530 g/mol. The van der Waals surface area contributed by atoms with Crippen LogP contribution in [0.1, 0.15) is 12.0 Å². The van der Waals surface area contributed by atoms with Gasteiger partial charge in [-0.2, -0.15) is 0 Å². The number of morpholine rings is 1. The van der Waals surface area contributed by atoms with Crippen LogP contribution in [0.4, 0.5) is 4.79 Å². The van der Waals surface area contributed by atoms with E-state index in [9.17, 15) is 26.4 Å². The molecule has 0 aliphatic carbocycles. The second kappa shape index (κ2) is 13.5. The van der Waals surface area contributed by atoms with Crippen molar-refractivity contribution in [2.24, 2.45) is 0 Å². The summed E-state index contributed by atoms with van der Waals surface area (Å²) in [6.45, 7) is 1.58. The Balaban J connectivity index is 1.80. The molecule has 2 atom stereocenters. The fourth-order valence-corrected chi connectivity index (χ4v) is 5.57. The molecule has 1 fully saturated rings. The van der Waals surface area contributed by atoms with Gasteiger partial charge in [-0.05, 0) is 24.1 Å². The summed E-state index contributed by atoms with van der Waals surface area (Å²) in [5, 5.41) is 6.47. The predicted molar refractivity (Wildman–Crippen MR) is 144 cm³/mol. The molecule has 3 rings (SSSR count). The normalized spacial score (nSPS) is 16.1. The number of hydrogen-bond acceptors (Lipinski definition) is 7. The van der Waals surface area contributed by atoms with Crippen molar-refractivity contribution in [2.75, 3.05) is 38.3 Å². The highest BCUT2D eigenvalue weighted by Crippen LogP contribution is 2.13. The van der Waals surface area contributed by atoms with E-state index in [1.54, 1.807) is 23.1 Å². The number of benzene rings is 2. The van der Waals surface area contributed by atoms with Gasteiger partial charge in [0.05, 0.1) is 23.9 Å². The van der Waals surface area contributed by atoms with Crippen LogP contribution >= 0.6 is 0 Å². The Kier molecular flexibility index (Phi) is 10.5. The summed E-state index contributed by atoms with van der Waals surface area (Å²) in [6.07, 6.45) is 2.49. The first-order chi connectivity index (χ1) is 18.0. The number of sulfone groups is 2. The van der Waals surface area contributed by atoms with Gasteiger partial charge in [0, 0.05) is 37.2 Å². The van der Waals surface area contributed by atoms with Crippen molar-refractivity contribution < 1.29 is 31.2 Å². The number of amides is 3. The minimum Gasteiger partial charge on any atom is -0.378 e. The molecule has 12 heteroatoms. The van der Waals surface area contributed by atoms with Crippen LogP contribution in [0.2, 0.25) is 0 Å². The smallest absolute Gasteiger partial charge is 0.318 e. The summed E-state index contributed by atoms with van der Waals surface area (Å²) in [5.41, 5.74) is 0.810. The third-order valence-electron chi connectivity index (χ3n) is 5.88. The second-order valence-electron chi connectivity index (χ2n) is 9.01. The maximum Gasteiger partial charge on any atom is 0.318 e. The Morgan fingerprint density at radius 3 is 2.16 bits per heavy atom. The molecule has 0 saturated carbocycles. The van der Waals surface area contributed by atoms with E-state index in [0.29, 0.717) is 26.3 Å². The molecule has 206 valence electrons. The number of ether oxygens (including phenoxy) is 1. The first-order valence-corrected chi connectivity index (χ1v) is 15.8. The van der Waals surface area contributed by atoms with E-state index in [4.69, 9.17) is 4.74 Å². The van der Waals surface area contributed by atoms with Crippen LogP contribution in [0.15, 0.2) is 77.0 Å². The summed E-state index contributed by atoms with van der Waals surface area (Å²) in [7, 11) is -7.20. The van der Waals surface area contributed by atoms with Crippen LogP contribution in [-0.4, -0.2) is 84.1 Å². The second-order valence-corrected chi connectivity index (χ2v) is 13.1. The molecule has 38 heavy (non-hydrogen) atoms. The van der Waals surface area contributed by atoms with Crippen molar-refractivity contribution >= 4 is 31.6 Å². The van der Waals surface area contributed by atoms with Crippen LogP contribution in [0, 0.1) is 0 Å². The minimum absolute atomic E-state index is 0.0408. The lowest BCUT2D eigenvalue weighted by Gasteiger charge is -2.29. The Morgan fingerprint density at radius 1 is 0.947 bits per heavy atom. The molecule has 1 saturated heterocycles. The molecule has 0 bridgehead atoms. The summed E-state index contributed by atoms with van der Waals surface area (Å²) in [6, 6.07) is 14.6. The Hall–Kier alpha value is -3.22. The van der Waals surface area contributed by atoms with E-state index in [1.807, 2.05) is 30.3 Å². The lowest BCUT2D eigenvalue weighted by molar-refractivity contribution is -0.123. The van der Waals surface area contributed by atoms with E-state index in [2.05, 4.69) is 10.6 Å². The average Bonchev–Trinajstić information content (AvgIpc) is 2.91. The number of nitrogens with one attached hydrogen (secondary N) is 2. The summed E-state index contributed by atoms with van der Waals surface area (Å²) in [5.74, 6) is -0.826. The van der Waals surface area contributed by atoms with Gasteiger partial charge in [0.1, 0.15) is 15.9 Å². The summed E-state index contributed by atoms with van der Waals surface area (Å²) >= 11 is 0. The van der Waals surface area contributed by atoms with Crippen LogP contribution in [0.25, 0.3) is 0 Å². The fraction of sp³-hybridized carbons (Fsp3) is 0.385. The van der Waals surface area contributed by atoms with E-state index in [0.717, 1.165) is 17.2 Å². The molecule has 2 N–H and O–H groups in total. The molecule has 2 aromatic carbocycles. The lowest BCUT2D eigenvalue weighted by atomic mass is 10.0. The maximum absolute atomic E-state index is 13.4. The molecule has 1 heterocycles. The average molecular weight is 564 g/mol. The molecule has 2 aromatic rings. The summed E-state index contributed by atoms with van der Waals surface area (Å²) in [4.78, 5) is 27.9. The molecule has 0 aromatic heterocycles.